The molecule has 0 spiro atoms. The molecule has 0 radical (unpaired) electrons. The molecule has 114 valence electrons. The number of ketones is 1. The first-order chi connectivity index (χ1) is 10.8. The van der Waals surface area contributed by atoms with Gasteiger partial charge in [0.2, 0.25) is 0 Å². The molecule has 4 rings (SSSR count). The third-order valence-electron chi connectivity index (χ3n) is 5.41. The second-order valence-corrected chi connectivity index (χ2v) is 8.21. The highest BCUT2D eigenvalue weighted by Crippen LogP contribution is 2.53. The minimum atomic E-state index is 0.231. The smallest absolute Gasteiger partial charge is 0.137 e. The van der Waals surface area contributed by atoms with Crippen molar-refractivity contribution in [2.45, 2.75) is 49.0 Å². The Morgan fingerprint density at radius 1 is 1.14 bits per heavy atom. The molecule has 0 aromatic heterocycles. The molecule has 0 amide bonds. The van der Waals surface area contributed by atoms with Crippen LogP contribution in [0.2, 0.25) is 0 Å². The summed E-state index contributed by atoms with van der Waals surface area (Å²) < 4.78 is 0. The summed E-state index contributed by atoms with van der Waals surface area (Å²) in [6.07, 6.45) is 4.38. The van der Waals surface area contributed by atoms with Crippen LogP contribution in [0.25, 0.3) is 10.8 Å². The van der Waals surface area contributed by atoms with Crippen molar-refractivity contribution in [3.63, 3.8) is 0 Å². The fourth-order valence-electron chi connectivity index (χ4n) is 4.31. The van der Waals surface area contributed by atoms with Crippen LogP contribution in [-0.4, -0.2) is 16.3 Å². The fourth-order valence-corrected chi connectivity index (χ4v) is 6.18. The average molecular weight is 310 g/mol. The van der Waals surface area contributed by atoms with E-state index in [1.165, 1.54) is 35.6 Å². The van der Waals surface area contributed by atoms with E-state index in [-0.39, 0.29) is 5.92 Å². The topological polar surface area (TPSA) is 17.1 Å². The quantitative estimate of drug-likeness (QED) is 0.776. The van der Waals surface area contributed by atoms with Gasteiger partial charge >= 0.3 is 0 Å². The molecule has 2 saturated heterocycles. The number of fused-ring (bicyclic) bond motifs is 3. The van der Waals surface area contributed by atoms with E-state index >= 15 is 0 Å². The summed E-state index contributed by atoms with van der Waals surface area (Å²) in [6, 6.07) is 15.3. The highest BCUT2D eigenvalue weighted by molar-refractivity contribution is 8.00. The van der Waals surface area contributed by atoms with E-state index in [4.69, 9.17) is 0 Å². The van der Waals surface area contributed by atoms with Crippen molar-refractivity contribution in [3.8, 4) is 0 Å². The normalized spacial score (nSPS) is 30.6. The lowest BCUT2D eigenvalue weighted by atomic mass is 9.78. The maximum atomic E-state index is 12.6. The van der Waals surface area contributed by atoms with Crippen LogP contribution in [0.5, 0.6) is 0 Å². The van der Waals surface area contributed by atoms with Crippen molar-refractivity contribution in [2.75, 3.05) is 0 Å². The molecular weight excluding hydrogens is 288 g/mol. The fraction of sp³-hybridized carbons (Fsp3) is 0.450. The Kier molecular flexibility index (Phi) is 3.73. The standard InChI is InChI=1S/C20H22OS/c1-2-18(21)20-17(12-16-9-10-19(20)22-16)15-8-7-13-5-3-4-6-14(13)11-15/h3-8,11,16-17,19-20H,2,9-10,12H2,1H3. The van der Waals surface area contributed by atoms with E-state index < -0.39 is 0 Å². The number of Topliss-reactive ketones (excluding diaryl/α,β-unsaturated/α-hetero) is 1. The molecule has 1 nitrogen and oxygen atoms in total. The van der Waals surface area contributed by atoms with Gasteiger partial charge in [0.05, 0.1) is 0 Å². The van der Waals surface area contributed by atoms with Crippen LogP contribution in [0.15, 0.2) is 42.5 Å². The summed E-state index contributed by atoms with van der Waals surface area (Å²) in [7, 11) is 0. The molecule has 2 aliphatic heterocycles. The zero-order valence-corrected chi connectivity index (χ0v) is 13.8. The van der Waals surface area contributed by atoms with Gasteiger partial charge in [-0.25, -0.2) is 0 Å². The third kappa shape index (κ3) is 2.38. The van der Waals surface area contributed by atoms with Gasteiger partial charge in [0.1, 0.15) is 5.78 Å². The molecule has 2 aromatic rings. The van der Waals surface area contributed by atoms with Gasteiger partial charge in [-0.2, -0.15) is 11.8 Å². The van der Waals surface area contributed by atoms with Gasteiger partial charge in [-0.05, 0) is 41.5 Å². The molecule has 2 aliphatic rings. The predicted octanol–water partition coefficient (Wildman–Crippen LogP) is 5.19. The molecule has 2 aromatic carbocycles. The monoisotopic (exact) mass is 310 g/mol. The van der Waals surface area contributed by atoms with Crippen molar-refractivity contribution in [3.05, 3.63) is 48.0 Å². The van der Waals surface area contributed by atoms with E-state index in [9.17, 15) is 4.79 Å². The number of hydrogen-bond acceptors (Lipinski definition) is 2. The molecule has 0 saturated carbocycles. The number of benzene rings is 2. The largest absolute Gasteiger partial charge is 0.299 e. The van der Waals surface area contributed by atoms with Crippen LogP contribution in [0.4, 0.5) is 0 Å². The van der Waals surface area contributed by atoms with E-state index in [1.807, 2.05) is 6.92 Å². The van der Waals surface area contributed by atoms with E-state index in [1.54, 1.807) is 0 Å². The zero-order valence-electron chi connectivity index (χ0n) is 13.0. The van der Waals surface area contributed by atoms with Crippen molar-refractivity contribution in [1.82, 2.24) is 0 Å². The first-order valence-corrected chi connectivity index (χ1v) is 9.37. The van der Waals surface area contributed by atoms with Crippen molar-refractivity contribution >= 4 is 28.3 Å². The summed E-state index contributed by atoms with van der Waals surface area (Å²) in [4.78, 5) is 12.6. The lowest BCUT2D eigenvalue weighted by Gasteiger charge is -2.35. The maximum Gasteiger partial charge on any atom is 0.137 e. The van der Waals surface area contributed by atoms with Gasteiger partial charge in [0, 0.05) is 22.8 Å². The molecule has 4 unspecified atom stereocenters. The van der Waals surface area contributed by atoms with Crippen molar-refractivity contribution in [2.24, 2.45) is 5.92 Å². The lowest BCUT2D eigenvalue weighted by molar-refractivity contribution is -0.123. The van der Waals surface area contributed by atoms with Crippen LogP contribution in [-0.2, 0) is 4.79 Å². The van der Waals surface area contributed by atoms with Crippen LogP contribution in [0, 0.1) is 5.92 Å². The molecule has 4 atom stereocenters. The first kappa shape index (κ1) is 14.3. The van der Waals surface area contributed by atoms with Crippen molar-refractivity contribution in [1.29, 1.82) is 0 Å². The Hall–Kier alpha value is -1.28. The molecule has 2 heterocycles. The average Bonchev–Trinajstić information content (AvgIpc) is 2.95. The number of carbonyl (C=O) groups is 1. The van der Waals surface area contributed by atoms with Gasteiger partial charge in [-0.3, -0.25) is 4.79 Å². The van der Waals surface area contributed by atoms with Gasteiger partial charge in [0.15, 0.2) is 0 Å². The molecule has 2 heteroatoms. The van der Waals surface area contributed by atoms with Gasteiger partial charge in [-0.1, -0.05) is 49.4 Å². The Balaban J connectivity index is 1.75. The summed E-state index contributed by atoms with van der Waals surface area (Å²) >= 11 is 2.09. The molecule has 0 N–H and O–H groups in total. The molecule has 22 heavy (non-hydrogen) atoms. The maximum absolute atomic E-state index is 12.6. The lowest BCUT2D eigenvalue weighted by Crippen LogP contribution is -2.34. The SMILES string of the molecule is CCC(=O)C1C2CCC(CC1c1ccc3ccccc3c1)S2. The van der Waals surface area contributed by atoms with Crippen LogP contribution < -0.4 is 0 Å². The zero-order chi connectivity index (χ0) is 15.1. The summed E-state index contributed by atoms with van der Waals surface area (Å²) in [6.45, 7) is 2.02. The molecule has 2 bridgehead atoms. The summed E-state index contributed by atoms with van der Waals surface area (Å²) in [5.41, 5.74) is 1.38. The third-order valence-corrected chi connectivity index (χ3v) is 7.10. The Bertz CT molecular complexity index is 708. The first-order valence-electron chi connectivity index (χ1n) is 8.43. The number of rotatable bonds is 3. The molecule has 2 fully saturated rings. The minimum absolute atomic E-state index is 0.231. The number of thioether (sulfide) groups is 1. The van der Waals surface area contributed by atoms with Gasteiger partial charge in [-0.15, -0.1) is 0 Å². The Labute approximate surface area is 136 Å². The minimum Gasteiger partial charge on any atom is -0.299 e. The molecular formula is C20H22OS. The van der Waals surface area contributed by atoms with E-state index in [0.29, 0.717) is 23.4 Å². The summed E-state index contributed by atoms with van der Waals surface area (Å²) in [5.74, 6) is 1.13. The second-order valence-electron chi connectivity index (χ2n) is 6.67. The Morgan fingerprint density at radius 2 is 1.95 bits per heavy atom. The highest BCUT2D eigenvalue weighted by atomic mass is 32.2. The van der Waals surface area contributed by atoms with Crippen LogP contribution >= 0.6 is 11.8 Å². The molecule has 0 aliphatic carbocycles. The highest BCUT2D eigenvalue weighted by Gasteiger charge is 2.45. The van der Waals surface area contributed by atoms with Gasteiger partial charge in [0.25, 0.3) is 0 Å². The Morgan fingerprint density at radius 3 is 2.77 bits per heavy atom. The second kappa shape index (κ2) is 5.73. The van der Waals surface area contributed by atoms with Crippen LogP contribution in [0.3, 0.4) is 0 Å². The van der Waals surface area contributed by atoms with E-state index in [0.717, 1.165) is 5.25 Å². The summed E-state index contributed by atoms with van der Waals surface area (Å²) in [5, 5.41) is 3.91. The van der Waals surface area contributed by atoms with E-state index in [2.05, 4.69) is 54.2 Å². The van der Waals surface area contributed by atoms with Gasteiger partial charge < -0.3 is 0 Å². The number of carbonyl (C=O) groups excluding carboxylic acids is 1. The predicted molar refractivity (Wildman–Crippen MR) is 94.5 cm³/mol. The van der Waals surface area contributed by atoms with Crippen LogP contribution in [0.1, 0.15) is 44.1 Å². The van der Waals surface area contributed by atoms with Crippen molar-refractivity contribution < 1.29 is 4.79 Å². The number of hydrogen-bond donors (Lipinski definition) is 0.